The fourth-order valence-electron chi connectivity index (χ4n) is 1.39. The molecule has 2 heterocycles. The van der Waals surface area contributed by atoms with Gasteiger partial charge in [-0.05, 0) is 34.1 Å². The van der Waals surface area contributed by atoms with Crippen molar-refractivity contribution in [3.05, 3.63) is 46.7 Å². The zero-order chi connectivity index (χ0) is 13.0. The molecule has 4 nitrogen and oxygen atoms in total. The molecule has 0 unspecified atom stereocenters. The Bertz CT molecular complexity index is 578. The first-order valence-electron chi connectivity index (χ1n) is 5.19. The van der Waals surface area contributed by atoms with E-state index in [-0.39, 0.29) is 0 Å². The van der Waals surface area contributed by atoms with E-state index in [4.69, 9.17) is 4.74 Å². The smallest absolute Gasteiger partial charge is 0.213 e. The van der Waals surface area contributed by atoms with Crippen LogP contribution in [-0.2, 0) is 16.6 Å². The maximum absolute atomic E-state index is 12.2. The van der Waals surface area contributed by atoms with Gasteiger partial charge in [-0.15, -0.1) is 0 Å². The van der Waals surface area contributed by atoms with E-state index in [2.05, 4.69) is 25.9 Å². The summed E-state index contributed by atoms with van der Waals surface area (Å²) in [4.78, 5) is 8.34. The van der Waals surface area contributed by atoms with Crippen molar-refractivity contribution in [2.75, 3.05) is 7.11 Å². The Hall–Kier alpha value is -1.27. The lowest BCUT2D eigenvalue weighted by Crippen LogP contribution is -2.02. The third-order valence-corrected chi connectivity index (χ3v) is 4.43. The van der Waals surface area contributed by atoms with Gasteiger partial charge in [-0.2, -0.15) is 0 Å². The molecule has 0 saturated carbocycles. The first-order chi connectivity index (χ1) is 8.70. The highest BCUT2D eigenvalue weighted by atomic mass is 79.9. The van der Waals surface area contributed by atoms with E-state index in [1.165, 1.54) is 0 Å². The van der Waals surface area contributed by atoms with Gasteiger partial charge in [0.25, 0.3) is 0 Å². The Kier molecular flexibility index (Phi) is 4.43. The second kappa shape index (κ2) is 6.06. The lowest BCUT2D eigenvalue weighted by atomic mass is 10.4. The number of rotatable bonds is 4. The highest BCUT2D eigenvalue weighted by Crippen LogP contribution is 2.19. The molecule has 0 aromatic carbocycles. The first kappa shape index (κ1) is 13.2. The average Bonchev–Trinajstić information content (AvgIpc) is 2.39. The molecule has 2 rings (SSSR count). The van der Waals surface area contributed by atoms with Crippen molar-refractivity contribution in [2.24, 2.45) is 0 Å². The summed E-state index contributed by atoms with van der Waals surface area (Å²) < 4.78 is 17.9. The van der Waals surface area contributed by atoms with Gasteiger partial charge in [0, 0.05) is 12.3 Å². The lowest BCUT2D eigenvalue weighted by molar-refractivity contribution is 0.397. The van der Waals surface area contributed by atoms with Crippen LogP contribution in [0.3, 0.4) is 0 Å². The number of hydrogen-bond donors (Lipinski definition) is 0. The summed E-state index contributed by atoms with van der Waals surface area (Å²) in [6.45, 7) is 0. The highest BCUT2D eigenvalue weighted by Gasteiger charge is 2.11. The van der Waals surface area contributed by atoms with E-state index in [0.717, 1.165) is 4.47 Å². The molecule has 0 spiro atoms. The second-order valence-electron chi connectivity index (χ2n) is 3.45. The Balaban J connectivity index is 2.19. The monoisotopic (exact) mass is 326 g/mol. The molecule has 0 saturated heterocycles. The zero-order valence-corrected chi connectivity index (χ0v) is 12.1. The van der Waals surface area contributed by atoms with Crippen molar-refractivity contribution in [1.29, 1.82) is 0 Å². The summed E-state index contributed by atoms with van der Waals surface area (Å²) in [6.07, 6.45) is 1.62. The average molecular weight is 327 g/mol. The van der Waals surface area contributed by atoms with E-state index >= 15 is 0 Å². The number of aromatic nitrogens is 2. The third kappa shape index (κ3) is 3.14. The molecule has 2 aromatic rings. The van der Waals surface area contributed by atoms with Crippen LogP contribution in [0.2, 0.25) is 0 Å². The van der Waals surface area contributed by atoms with Crippen LogP contribution in [-0.4, -0.2) is 21.3 Å². The summed E-state index contributed by atoms with van der Waals surface area (Å²) >= 11 is 3.34. The van der Waals surface area contributed by atoms with Crippen LogP contribution in [0, 0.1) is 0 Å². The molecule has 0 aliphatic carbocycles. The Labute approximate surface area is 116 Å². The molecule has 0 N–H and O–H groups in total. The van der Waals surface area contributed by atoms with Gasteiger partial charge in [0.15, 0.2) is 0 Å². The summed E-state index contributed by atoms with van der Waals surface area (Å²) in [5.74, 6) is 0.830. The minimum absolute atomic E-state index is 0.312. The molecular weight excluding hydrogens is 316 g/mol. The topological polar surface area (TPSA) is 52.1 Å². The SMILES string of the molecule is COc1cccc(C[S@@](=O)c2ncccc2Br)n1. The molecule has 18 heavy (non-hydrogen) atoms. The normalized spacial score (nSPS) is 12.1. The molecule has 0 aliphatic heterocycles. The van der Waals surface area contributed by atoms with Crippen LogP contribution < -0.4 is 4.74 Å². The molecule has 0 fully saturated rings. The van der Waals surface area contributed by atoms with Crippen LogP contribution in [0.1, 0.15) is 5.69 Å². The quantitative estimate of drug-likeness (QED) is 0.866. The molecule has 94 valence electrons. The maximum Gasteiger partial charge on any atom is 0.213 e. The standard InChI is InChI=1S/C12H11BrN2O2S/c1-17-11-6-2-4-9(15-11)8-18(16)12-10(13)5-3-7-14-12/h2-7H,8H2,1H3/t18-/m1/s1. The van der Waals surface area contributed by atoms with Gasteiger partial charge in [-0.3, -0.25) is 4.21 Å². The van der Waals surface area contributed by atoms with Gasteiger partial charge in [0.1, 0.15) is 5.03 Å². The Morgan fingerprint density at radius 3 is 2.89 bits per heavy atom. The maximum atomic E-state index is 12.2. The van der Waals surface area contributed by atoms with Crippen molar-refractivity contribution >= 4 is 26.7 Å². The number of hydrogen-bond acceptors (Lipinski definition) is 4. The van der Waals surface area contributed by atoms with Gasteiger partial charge < -0.3 is 4.74 Å². The number of ether oxygens (including phenoxy) is 1. The van der Waals surface area contributed by atoms with Gasteiger partial charge in [-0.25, -0.2) is 9.97 Å². The Morgan fingerprint density at radius 2 is 2.17 bits per heavy atom. The van der Waals surface area contributed by atoms with Crippen molar-refractivity contribution in [3.8, 4) is 5.88 Å². The minimum atomic E-state index is -1.23. The summed E-state index contributed by atoms with van der Waals surface area (Å²) in [6, 6.07) is 9.00. The number of nitrogens with zero attached hydrogens (tertiary/aromatic N) is 2. The lowest BCUT2D eigenvalue weighted by Gasteiger charge is -2.04. The summed E-state index contributed by atoms with van der Waals surface area (Å²) in [5.41, 5.74) is 0.713. The van der Waals surface area contributed by atoms with Crippen LogP contribution >= 0.6 is 15.9 Å². The predicted molar refractivity (Wildman–Crippen MR) is 72.8 cm³/mol. The molecular formula is C12H11BrN2O2S. The zero-order valence-electron chi connectivity index (χ0n) is 9.67. The highest BCUT2D eigenvalue weighted by molar-refractivity contribution is 9.10. The number of pyridine rings is 2. The van der Waals surface area contributed by atoms with Crippen LogP contribution in [0.25, 0.3) is 0 Å². The molecule has 0 bridgehead atoms. The van der Waals surface area contributed by atoms with E-state index in [0.29, 0.717) is 22.4 Å². The van der Waals surface area contributed by atoms with E-state index in [9.17, 15) is 4.21 Å². The van der Waals surface area contributed by atoms with Crippen molar-refractivity contribution < 1.29 is 8.95 Å². The summed E-state index contributed by atoms with van der Waals surface area (Å²) in [5, 5.41) is 0.530. The van der Waals surface area contributed by atoms with E-state index < -0.39 is 10.8 Å². The van der Waals surface area contributed by atoms with Gasteiger partial charge in [0.05, 0.1) is 33.8 Å². The van der Waals surface area contributed by atoms with Gasteiger partial charge in [0.2, 0.25) is 5.88 Å². The summed E-state index contributed by atoms with van der Waals surface area (Å²) in [7, 11) is 0.322. The fraction of sp³-hybridized carbons (Fsp3) is 0.167. The van der Waals surface area contributed by atoms with Crippen LogP contribution in [0.5, 0.6) is 5.88 Å². The molecule has 0 radical (unpaired) electrons. The molecule has 0 amide bonds. The third-order valence-electron chi connectivity index (χ3n) is 2.21. The van der Waals surface area contributed by atoms with Crippen LogP contribution in [0.15, 0.2) is 46.0 Å². The predicted octanol–water partition coefficient (Wildman–Crippen LogP) is 2.56. The number of halogens is 1. The van der Waals surface area contributed by atoms with Gasteiger partial charge in [-0.1, -0.05) is 6.07 Å². The van der Waals surface area contributed by atoms with Crippen LogP contribution in [0.4, 0.5) is 0 Å². The fourth-order valence-corrected chi connectivity index (χ4v) is 3.22. The van der Waals surface area contributed by atoms with Crippen molar-refractivity contribution in [2.45, 2.75) is 10.8 Å². The van der Waals surface area contributed by atoms with E-state index in [1.807, 2.05) is 18.2 Å². The first-order valence-corrected chi connectivity index (χ1v) is 7.30. The van der Waals surface area contributed by atoms with Gasteiger partial charge >= 0.3 is 0 Å². The van der Waals surface area contributed by atoms with E-state index in [1.54, 1.807) is 25.4 Å². The van der Waals surface area contributed by atoms with Crippen molar-refractivity contribution in [1.82, 2.24) is 9.97 Å². The molecule has 0 aliphatic rings. The second-order valence-corrected chi connectivity index (χ2v) is 5.67. The molecule has 2 aromatic heterocycles. The minimum Gasteiger partial charge on any atom is -0.481 e. The number of methoxy groups -OCH3 is 1. The largest absolute Gasteiger partial charge is 0.481 e. The molecule has 6 heteroatoms. The Morgan fingerprint density at radius 1 is 1.33 bits per heavy atom. The van der Waals surface area contributed by atoms with Crippen molar-refractivity contribution in [3.63, 3.8) is 0 Å². The molecule has 1 atom stereocenters.